The minimum Gasteiger partial charge on any atom is -0.491 e. The first-order valence-electron chi connectivity index (χ1n) is 10.7. The predicted molar refractivity (Wildman–Crippen MR) is 118 cm³/mol. The summed E-state index contributed by atoms with van der Waals surface area (Å²) in [6.07, 6.45) is -4.20. The van der Waals surface area contributed by atoms with E-state index in [0.29, 0.717) is 49.4 Å². The molecular weight excluding hydrogens is 473 g/mol. The van der Waals surface area contributed by atoms with Crippen molar-refractivity contribution in [2.24, 2.45) is 0 Å². The third-order valence-electron chi connectivity index (χ3n) is 5.41. The largest absolute Gasteiger partial charge is 0.491 e. The lowest BCUT2D eigenvalue weighted by Gasteiger charge is -2.34. The molecule has 1 aromatic heterocycles. The Morgan fingerprint density at radius 2 is 1.85 bits per heavy atom. The first kappa shape index (κ1) is 24.0. The van der Waals surface area contributed by atoms with Gasteiger partial charge in [-0.15, -0.1) is 0 Å². The second-order valence-electron chi connectivity index (χ2n) is 7.78. The maximum atomic E-state index is 12.9. The summed E-state index contributed by atoms with van der Waals surface area (Å²) in [5, 5.41) is 4.32. The molecule has 1 aliphatic heterocycles. The van der Waals surface area contributed by atoms with Gasteiger partial charge in [-0.1, -0.05) is 41.0 Å². The summed E-state index contributed by atoms with van der Waals surface area (Å²) in [5.74, 6) is 0.955. The van der Waals surface area contributed by atoms with Crippen LogP contribution in [0.1, 0.15) is 17.9 Å². The molecule has 0 N–H and O–H groups in total. The molecule has 0 atom stereocenters. The van der Waals surface area contributed by atoms with Gasteiger partial charge < -0.3 is 14.2 Å². The molecular formula is C23H22ClF3N4O3. The van der Waals surface area contributed by atoms with E-state index in [1.54, 1.807) is 23.1 Å². The van der Waals surface area contributed by atoms with Crippen molar-refractivity contribution in [3.63, 3.8) is 0 Å². The van der Waals surface area contributed by atoms with Crippen LogP contribution in [0.25, 0.3) is 11.4 Å². The van der Waals surface area contributed by atoms with Crippen molar-refractivity contribution >= 4 is 17.5 Å². The van der Waals surface area contributed by atoms with Crippen molar-refractivity contribution in [1.82, 2.24) is 19.9 Å². The van der Waals surface area contributed by atoms with Gasteiger partial charge in [-0.3, -0.25) is 9.69 Å². The van der Waals surface area contributed by atoms with E-state index in [-0.39, 0.29) is 30.3 Å². The topological polar surface area (TPSA) is 71.7 Å². The summed E-state index contributed by atoms with van der Waals surface area (Å²) in [6, 6.07) is 11.9. The Morgan fingerprint density at radius 3 is 2.59 bits per heavy atom. The number of hydrogen-bond donors (Lipinski definition) is 0. The number of alkyl halides is 3. The number of halogens is 4. The zero-order valence-corrected chi connectivity index (χ0v) is 18.8. The summed E-state index contributed by atoms with van der Waals surface area (Å²) in [6.45, 7) is 2.89. The predicted octanol–water partition coefficient (Wildman–Crippen LogP) is 4.52. The maximum Gasteiger partial charge on any atom is 0.416 e. The highest BCUT2D eigenvalue weighted by Crippen LogP contribution is 2.31. The number of para-hydroxylation sites is 1. The minimum atomic E-state index is -4.44. The number of nitrogens with zero attached hydrogens (tertiary/aromatic N) is 4. The lowest BCUT2D eigenvalue weighted by atomic mass is 10.1. The third kappa shape index (κ3) is 6.06. The molecule has 0 saturated carbocycles. The van der Waals surface area contributed by atoms with Crippen LogP contribution in [0.5, 0.6) is 5.75 Å². The zero-order valence-electron chi connectivity index (χ0n) is 18.1. The van der Waals surface area contributed by atoms with Crippen LogP contribution in [0.15, 0.2) is 53.1 Å². The van der Waals surface area contributed by atoms with Crippen LogP contribution >= 0.6 is 11.6 Å². The molecule has 0 radical (unpaired) electrons. The zero-order chi connectivity index (χ0) is 24.1. The van der Waals surface area contributed by atoms with Gasteiger partial charge in [0.1, 0.15) is 5.75 Å². The van der Waals surface area contributed by atoms with E-state index < -0.39 is 11.7 Å². The highest BCUT2D eigenvalue weighted by Gasteiger charge is 2.31. The highest BCUT2D eigenvalue weighted by atomic mass is 35.5. The van der Waals surface area contributed by atoms with Crippen LogP contribution in [0.4, 0.5) is 13.2 Å². The van der Waals surface area contributed by atoms with Crippen LogP contribution in [-0.4, -0.2) is 58.6 Å². The molecule has 3 aromatic rings. The van der Waals surface area contributed by atoms with Crippen molar-refractivity contribution in [3.8, 4) is 17.1 Å². The fraction of sp³-hybridized carbons (Fsp3) is 0.348. The number of hydrogen-bond acceptors (Lipinski definition) is 6. The van der Waals surface area contributed by atoms with E-state index in [9.17, 15) is 18.0 Å². The third-order valence-corrected chi connectivity index (χ3v) is 5.72. The van der Waals surface area contributed by atoms with E-state index >= 15 is 0 Å². The van der Waals surface area contributed by atoms with Gasteiger partial charge >= 0.3 is 6.18 Å². The van der Waals surface area contributed by atoms with Gasteiger partial charge in [0.2, 0.25) is 17.6 Å². The van der Waals surface area contributed by atoms with E-state index in [4.69, 9.17) is 20.9 Å². The number of carbonyl (C=O) groups excluding carboxylic acids is 1. The SMILES string of the molecule is O=C(CCOc1ccccc1Cl)N1CCN(Cc2nc(-c3cccc(C(F)(F)F)c3)no2)CC1. The van der Waals surface area contributed by atoms with Crippen molar-refractivity contribution in [1.29, 1.82) is 0 Å². The molecule has 0 aliphatic carbocycles. The smallest absolute Gasteiger partial charge is 0.416 e. The average Bonchev–Trinajstić information content (AvgIpc) is 3.29. The fourth-order valence-corrected chi connectivity index (χ4v) is 3.78. The van der Waals surface area contributed by atoms with Crippen molar-refractivity contribution in [2.45, 2.75) is 19.1 Å². The van der Waals surface area contributed by atoms with Crippen molar-refractivity contribution < 1.29 is 27.2 Å². The first-order chi connectivity index (χ1) is 16.3. The standard InChI is InChI=1S/C23H22ClF3N4O3/c24-18-6-1-2-7-19(18)33-13-8-21(32)31-11-9-30(10-12-31)15-20-28-22(29-34-20)16-4-3-5-17(14-16)23(25,26)27/h1-7,14H,8-13,15H2. The Labute approximate surface area is 199 Å². The summed E-state index contributed by atoms with van der Waals surface area (Å²) in [4.78, 5) is 20.5. The molecule has 2 heterocycles. The quantitative estimate of drug-likeness (QED) is 0.481. The molecule has 0 unspecified atom stereocenters. The molecule has 4 rings (SSSR count). The Bertz CT molecular complexity index is 1130. The Kier molecular flexibility index (Phi) is 7.38. The van der Waals surface area contributed by atoms with Crippen molar-refractivity contribution in [3.05, 3.63) is 65.0 Å². The second kappa shape index (κ2) is 10.4. The molecule has 0 bridgehead atoms. The van der Waals surface area contributed by atoms with Crippen LogP contribution in [-0.2, 0) is 17.5 Å². The van der Waals surface area contributed by atoms with Crippen LogP contribution in [0, 0.1) is 0 Å². The molecule has 11 heteroatoms. The van der Waals surface area contributed by atoms with Gasteiger partial charge in [0.25, 0.3) is 0 Å². The average molecular weight is 495 g/mol. The van der Waals surface area contributed by atoms with Crippen LogP contribution in [0.3, 0.4) is 0 Å². The summed E-state index contributed by atoms with van der Waals surface area (Å²) < 4.78 is 49.6. The lowest BCUT2D eigenvalue weighted by molar-refractivity contribution is -0.137. The number of carbonyl (C=O) groups is 1. The molecule has 1 saturated heterocycles. The molecule has 7 nitrogen and oxygen atoms in total. The minimum absolute atomic E-state index is 0.00340. The summed E-state index contributed by atoms with van der Waals surface area (Å²) in [5.41, 5.74) is -0.534. The molecule has 34 heavy (non-hydrogen) atoms. The first-order valence-corrected chi connectivity index (χ1v) is 11.0. The number of amides is 1. The molecule has 1 aliphatic rings. The molecule has 0 spiro atoms. The van der Waals surface area contributed by atoms with Crippen molar-refractivity contribution in [2.75, 3.05) is 32.8 Å². The summed E-state index contributed by atoms with van der Waals surface area (Å²) in [7, 11) is 0. The van der Waals surface area contributed by atoms with Gasteiger partial charge in [0, 0.05) is 31.7 Å². The molecule has 1 amide bonds. The number of piperazine rings is 1. The monoisotopic (exact) mass is 494 g/mol. The molecule has 2 aromatic carbocycles. The Balaban J connectivity index is 1.24. The van der Waals surface area contributed by atoms with E-state index in [1.165, 1.54) is 12.1 Å². The van der Waals surface area contributed by atoms with E-state index in [1.807, 2.05) is 11.0 Å². The molecule has 180 valence electrons. The number of rotatable bonds is 7. The maximum absolute atomic E-state index is 12.9. The van der Waals surface area contributed by atoms with E-state index in [2.05, 4.69) is 10.1 Å². The number of benzene rings is 2. The number of aromatic nitrogens is 2. The molecule has 1 fully saturated rings. The van der Waals surface area contributed by atoms with Gasteiger partial charge in [-0.2, -0.15) is 18.2 Å². The van der Waals surface area contributed by atoms with Gasteiger partial charge in [0.15, 0.2) is 0 Å². The van der Waals surface area contributed by atoms with E-state index in [0.717, 1.165) is 12.1 Å². The normalized spacial score (nSPS) is 14.9. The highest BCUT2D eigenvalue weighted by molar-refractivity contribution is 6.32. The van der Waals surface area contributed by atoms with Gasteiger partial charge in [0.05, 0.1) is 30.2 Å². The fourth-order valence-electron chi connectivity index (χ4n) is 3.59. The number of ether oxygens (including phenoxy) is 1. The Morgan fingerprint density at radius 1 is 1.09 bits per heavy atom. The van der Waals surface area contributed by atoms with Crippen LogP contribution in [0.2, 0.25) is 5.02 Å². The lowest BCUT2D eigenvalue weighted by Crippen LogP contribution is -2.48. The van der Waals surface area contributed by atoms with Crippen LogP contribution < -0.4 is 4.74 Å². The van der Waals surface area contributed by atoms with Gasteiger partial charge in [-0.05, 0) is 24.3 Å². The van der Waals surface area contributed by atoms with Gasteiger partial charge in [-0.25, -0.2) is 0 Å². The summed E-state index contributed by atoms with van der Waals surface area (Å²) >= 11 is 6.04. The second-order valence-corrected chi connectivity index (χ2v) is 8.18. The Hall–Kier alpha value is -3.11.